The van der Waals surface area contributed by atoms with Crippen molar-refractivity contribution in [3.05, 3.63) is 94.8 Å². The third kappa shape index (κ3) is 6.33. The Morgan fingerprint density at radius 1 is 1.00 bits per heavy atom. The minimum atomic E-state index is -0.303. The van der Waals surface area contributed by atoms with Gasteiger partial charge < -0.3 is 10.1 Å². The van der Waals surface area contributed by atoms with E-state index in [1.165, 1.54) is 12.1 Å². The molecule has 0 atom stereocenters. The highest BCUT2D eigenvalue weighted by Gasteiger charge is 1.98. The van der Waals surface area contributed by atoms with Crippen molar-refractivity contribution >= 4 is 40.8 Å². The number of benzene rings is 3. The Kier molecular flexibility index (Phi) is 6.94. The molecule has 142 valence electrons. The predicted octanol–water partition coefficient (Wildman–Crippen LogP) is 5.38. The average molecular weight is 414 g/mol. The van der Waals surface area contributed by atoms with Gasteiger partial charge in [0.05, 0.1) is 6.21 Å². The van der Waals surface area contributed by atoms with Crippen LogP contribution in [0.3, 0.4) is 0 Å². The van der Waals surface area contributed by atoms with Crippen LogP contribution in [0.25, 0.3) is 0 Å². The summed E-state index contributed by atoms with van der Waals surface area (Å²) in [6.07, 6.45) is 1.64. The molecule has 4 nitrogen and oxygen atoms in total. The maximum absolute atomic E-state index is 12.9. The summed E-state index contributed by atoms with van der Waals surface area (Å²) in [5.74, 6) is 0.455. The van der Waals surface area contributed by atoms with Crippen molar-refractivity contribution in [1.82, 2.24) is 5.43 Å². The molecule has 0 heterocycles. The molecule has 3 rings (SSSR count). The lowest BCUT2D eigenvalue weighted by atomic mass is 10.2. The van der Waals surface area contributed by atoms with Crippen molar-refractivity contribution in [2.24, 2.45) is 5.10 Å². The molecule has 0 aliphatic heterocycles. The normalized spacial score (nSPS) is 10.6. The summed E-state index contributed by atoms with van der Waals surface area (Å²) >= 11 is 11.0. The summed E-state index contributed by atoms with van der Waals surface area (Å²) in [6.45, 7) is 0.468. The zero-order valence-corrected chi connectivity index (χ0v) is 16.3. The number of anilines is 1. The Bertz CT molecular complexity index is 945. The molecule has 0 saturated carbocycles. The number of thiocarbonyl (C=S) groups is 1. The van der Waals surface area contributed by atoms with E-state index < -0.39 is 0 Å². The van der Waals surface area contributed by atoms with Gasteiger partial charge in [-0.05, 0) is 84.0 Å². The van der Waals surface area contributed by atoms with Crippen molar-refractivity contribution in [2.75, 3.05) is 5.32 Å². The zero-order chi connectivity index (χ0) is 19.8. The standard InChI is InChI=1S/C21H17ClFN3OS/c22-17-5-1-16(2-6-17)14-27-20-11-3-15(4-12-20)13-24-26-21(28)25-19-9-7-18(23)8-10-19/h1-13H,14H2,(H2,25,26,28)/b24-13+. The van der Waals surface area contributed by atoms with Crippen LogP contribution >= 0.6 is 23.8 Å². The molecule has 3 aromatic rings. The Hall–Kier alpha value is -2.96. The number of ether oxygens (including phenoxy) is 1. The van der Waals surface area contributed by atoms with E-state index in [9.17, 15) is 4.39 Å². The van der Waals surface area contributed by atoms with Gasteiger partial charge in [0.25, 0.3) is 0 Å². The van der Waals surface area contributed by atoms with Crippen LogP contribution in [0.4, 0.5) is 10.1 Å². The van der Waals surface area contributed by atoms with Crippen LogP contribution in [0, 0.1) is 5.82 Å². The van der Waals surface area contributed by atoms with E-state index in [1.807, 2.05) is 48.5 Å². The minimum absolute atomic E-state index is 0.303. The number of hydrogen-bond acceptors (Lipinski definition) is 3. The summed E-state index contributed by atoms with van der Waals surface area (Å²) in [5.41, 5.74) is 5.32. The molecule has 0 spiro atoms. The molecule has 0 aromatic heterocycles. The molecule has 0 aliphatic rings. The highest BCUT2D eigenvalue weighted by atomic mass is 35.5. The van der Waals surface area contributed by atoms with E-state index in [2.05, 4.69) is 15.8 Å². The molecule has 0 radical (unpaired) electrons. The SMILES string of the molecule is Fc1ccc(NC(=S)N/N=C/c2ccc(OCc3ccc(Cl)cc3)cc2)cc1. The van der Waals surface area contributed by atoms with E-state index >= 15 is 0 Å². The summed E-state index contributed by atoms with van der Waals surface area (Å²) in [7, 11) is 0. The van der Waals surface area contributed by atoms with Crippen LogP contribution < -0.4 is 15.5 Å². The maximum atomic E-state index is 12.9. The van der Waals surface area contributed by atoms with Gasteiger partial charge >= 0.3 is 0 Å². The Labute approximate surface area is 173 Å². The first-order chi connectivity index (χ1) is 13.6. The molecular formula is C21H17ClFN3OS. The van der Waals surface area contributed by atoms with Gasteiger partial charge in [0.15, 0.2) is 5.11 Å². The second-order valence-electron chi connectivity index (χ2n) is 5.82. The molecule has 0 amide bonds. The van der Waals surface area contributed by atoms with Crippen molar-refractivity contribution in [3.63, 3.8) is 0 Å². The Balaban J connectivity index is 1.45. The topological polar surface area (TPSA) is 45.7 Å². The lowest BCUT2D eigenvalue weighted by molar-refractivity contribution is 0.306. The highest BCUT2D eigenvalue weighted by Crippen LogP contribution is 2.15. The van der Waals surface area contributed by atoms with Gasteiger partial charge in [-0.25, -0.2) is 4.39 Å². The van der Waals surface area contributed by atoms with Crippen molar-refractivity contribution in [1.29, 1.82) is 0 Å². The van der Waals surface area contributed by atoms with Gasteiger partial charge in [0, 0.05) is 10.7 Å². The van der Waals surface area contributed by atoms with E-state index in [1.54, 1.807) is 18.3 Å². The van der Waals surface area contributed by atoms with Gasteiger partial charge in [0.1, 0.15) is 18.2 Å². The third-order valence-corrected chi connectivity index (χ3v) is 4.13. The molecule has 3 aromatic carbocycles. The van der Waals surface area contributed by atoms with Gasteiger partial charge in [-0.15, -0.1) is 0 Å². The molecule has 7 heteroatoms. The quantitative estimate of drug-likeness (QED) is 0.323. The summed E-state index contributed by atoms with van der Waals surface area (Å²) in [4.78, 5) is 0. The number of rotatable bonds is 6. The first-order valence-corrected chi connectivity index (χ1v) is 9.20. The molecule has 0 fully saturated rings. The second kappa shape index (κ2) is 9.82. The van der Waals surface area contributed by atoms with Crippen molar-refractivity contribution in [2.45, 2.75) is 6.61 Å². The summed E-state index contributed by atoms with van der Waals surface area (Å²) in [6, 6.07) is 20.9. The zero-order valence-electron chi connectivity index (χ0n) is 14.7. The van der Waals surface area contributed by atoms with Crippen molar-refractivity contribution in [3.8, 4) is 5.75 Å². The van der Waals surface area contributed by atoms with E-state index in [0.29, 0.717) is 22.4 Å². The van der Waals surface area contributed by atoms with Crippen LogP contribution in [0.1, 0.15) is 11.1 Å². The molecule has 28 heavy (non-hydrogen) atoms. The third-order valence-electron chi connectivity index (χ3n) is 3.68. The molecule has 0 bridgehead atoms. The summed E-state index contributed by atoms with van der Waals surface area (Å²) in [5, 5.41) is 8.01. The van der Waals surface area contributed by atoms with E-state index in [4.69, 9.17) is 28.6 Å². The van der Waals surface area contributed by atoms with Gasteiger partial charge in [-0.3, -0.25) is 5.43 Å². The Morgan fingerprint density at radius 2 is 1.68 bits per heavy atom. The maximum Gasteiger partial charge on any atom is 0.191 e. The Morgan fingerprint density at radius 3 is 2.36 bits per heavy atom. The van der Waals surface area contributed by atoms with E-state index in [-0.39, 0.29) is 5.82 Å². The van der Waals surface area contributed by atoms with Crippen molar-refractivity contribution < 1.29 is 9.13 Å². The molecule has 0 saturated heterocycles. The fourth-order valence-corrected chi connectivity index (χ4v) is 2.55. The first-order valence-electron chi connectivity index (χ1n) is 8.41. The molecule has 0 unspecified atom stereocenters. The van der Waals surface area contributed by atoms with Crippen LogP contribution in [0.5, 0.6) is 5.75 Å². The first kappa shape index (κ1) is 19.8. The molecule has 2 N–H and O–H groups in total. The van der Waals surface area contributed by atoms with Gasteiger partial charge in [0.2, 0.25) is 0 Å². The minimum Gasteiger partial charge on any atom is -0.489 e. The number of nitrogens with one attached hydrogen (secondary N) is 2. The number of nitrogens with zero attached hydrogens (tertiary/aromatic N) is 1. The van der Waals surface area contributed by atoms with Crippen LogP contribution in [-0.4, -0.2) is 11.3 Å². The van der Waals surface area contributed by atoms with Gasteiger partial charge in [-0.1, -0.05) is 23.7 Å². The lowest BCUT2D eigenvalue weighted by Gasteiger charge is -2.07. The predicted molar refractivity (Wildman–Crippen MR) is 116 cm³/mol. The lowest BCUT2D eigenvalue weighted by Crippen LogP contribution is -2.23. The number of hydrazone groups is 1. The van der Waals surface area contributed by atoms with Crippen LogP contribution in [0.15, 0.2) is 77.9 Å². The number of halogens is 2. The largest absolute Gasteiger partial charge is 0.489 e. The van der Waals surface area contributed by atoms with Crippen LogP contribution in [0.2, 0.25) is 5.02 Å². The molecule has 0 aliphatic carbocycles. The fraction of sp³-hybridized carbons (Fsp3) is 0.0476. The van der Waals surface area contributed by atoms with Crippen LogP contribution in [-0.2, 0) is 6.61 Å². The molecular weight excluding hydrogens is 397 g/mol. The number of hydrogen-bond donors (Lipinski definition) is 2. The second-order valence-corrected chi connectivity index (χ2v) is 6.66. The summed E-state index contributed by atoms with van der Waals surface area (Å²) < 4.78 is 18.6. The van der Waals surface area contributed by atoms with E-state index in [0.717, 1.165) is 16.9 Å². The highest BCUT2D eigenvalue weighted by molar-refractivity contribution is 7.80. The smallest absolute Gasteiger partial charge is 0.191 e. The monoisotopic (exact) mass is 413 g/mol. The average Bonchev–Trinajstić information content (AvgIpc) is 2.70. The fourth-order valence-electron chi connectivity index (χ4n) is 2.26. The van der Waals surface area contributed by atoms with Gasteiger partial charge in [-0.2, -0.15) is 5.10 Å².